The summed E-state index contributed by atoms with van der Waals surface area (Å²) in [7, 11) is 3.22. The van der Waals surface area contributed by atoms with Gasteiger partial charge in [0.2, 0.25) is 0 Å². The fraction of sp³-hybridized carbons (Fsp3) is 0.176. The molecule has 0 aliphatic carbocycles. The van der Waals surface area contributed by atoms with Crippen LogP contribution in [0.4, 0.5) is 11.5 Å². The van der Waals surface area contributed by atoms with Gasteiger partial charge in [0.15, 0.2) is 11.5 Å². The quantitative estimate of drug-likeness (QED) is 0.779. The van der Waals surface area contributed by atoms with Crippen LogP contribution in [0.5, 0.6) is 11.5 Å². The van der Waals surface area contributed by atoms with Gasteiger partial charge < -0.3 is 14.8 Å². The van der Waals surface area contributed by atoms with E-state index >= 15 is 0 Å². The summed E-state index contributed by atoms with van der Waals surface area (Å²) >= 11 is 0. The Bertz CT molecular complexity index is 824. The van der Waals surface area contributed by atoms with Crippen molar-refractivity contribution in [1.29, 1.82) is 0 Å². The highest BCUT2D eigenvalue weighted by molar-refractivity contribution is 5.93. The molecule has 0 bridgehead atoms. The highest BCUT2D eigenvalue weighted by Crippen LogP contribution is 2.34. The zero-order valence-electron chi connectivity index (χ0n) is 13.2. The minimum atomic E-state index is 0. The molecule has 1 heterocycles. The largest absolute Gasteiger partial charge is 0.493 e. The predicted octanol–water partition coefficient (Wildman–Crippen LogP) is 4.12. The third kappa shape index (κ3) is 3.29. The average Bonchev–Trinajstić information content (AvgIpc) is 2.56. The SMILES string of the molecule is COc1cc2ncnc(Nc3ccccc3C)c2cc1OC.Cl. The van der Waals surface area contributed by atoms with Gasteiger partial charge >= 0.3 is 0 Å². The van der Waals surface area contributed by atoms with Gasteiger partial charge in [-0.05, 0) is 24.6 Å². The number of nitrogens with one attached hydrogen (secondary N) is 1. The van der Waals surface area contributed by atoms with E-state index < -0.39 is 0 Å². The molecule has 0 fully saturated rings. The molecule has 23 heavy (non-hydrogen) atoms. The second-order valence-electron chi connectivity index (χ2n) is 4.89. The molecule has 0 atom stereocenters. The summed E-state index contributed by atoms with van der Waals surface area (Å²) < 4.78 is 10.7. The molecule has 0 unspecified atom stereocenters. The second kappa shape index (κ2) is 7.15. The standard InChI is InChI=1S/C17H17N3O2.ClH/c1-11-6-4-5-7-13(11)20-17-12-8-15(21-2)16(22-3)9-14(12)18-10-19-17;/h4-10H,1-3H3,(H,18,19,20);1H. The first kappa shape index (κ1) is 16.8. The molecule has 0 radical (unpaired) electrons. The van der Waals surface area contributed by atoms with Crippen LogP contribution >= 0.6 is 12.4 Å². The number of aryl methyl sites for hydroxylation is 1. The van der Waals surface area contributed by atoms with Gasteiger partial charge in [0.05, 0.1) is 19.7 Å². The van der Waals surface area contributed by atoms with Crippen LogP contribution in [0.15, 0.2) is 42.7 Å². The topological polar surface area (TPSA) is 56.3 Å². The van der Waals surface area contributed by atoms with Crippen molar-refractivity contribution in [3.05, 3.63) is 48.3 Å². The Morgan fingerprint density at radius 1 is 0.957 bits per heavy atom. The molecule has 5 nitrogen and oxygen atoms in total. The minimum absolute atomic E-state index is 0. The summed E-state index contributed by atoms with van der Waals surface area (Å²) in [5.41, 5.74) is 2.95. The molecule has 1 aromatic heterocycles. The van der Waals surface area contributed by atoms with Crippen LogP contribution in [0.2, 0.25) is 0 Å². The van der Waals surface area contributed by atoms with Gasteiger partial charge in [0.1, 0.15) is 12.1 Å². The summed E-state index contributed by atoms with van der Waals surface area (Å²) in [6.45, 7) is 2.05. The van der Waals surface area contributed by atoms with Gasteiger partial charge in [-0.3, -0.25) is 0 Å². The molecule has 0 saturated carbocycles. The summed E-state index contributed by atoms with van der Waals surface area (Å²) in [6, 6.07) is 11.8. The molecule has 0 saturated heterocycles. The summed E-state index contributed by atoms with van der Waals surface area (Å²) in [5, 5.41) is 4.23. The lowest BCUT2D eigenvalue weighted by Crippen LogP contribution is -1.99. The van der Waals surface area contributed by atoms with E-state index in [4.69, 9.17) is 9.47 Å². The van der Waals surface area contributed by atoms with E-state index in [2.05, 4.69) is 28.3 Å². The molecule has 2 aromatic carbocycles. The van der Waals surface area contributed by atoms with Crippen molar-refractivity contribution < 1.29 is 9.47 Å². The summed E-state index contributed by atoms with van der Waals surface area (Å²) in [4.78, 5) is 8.66. The number of rotatable bonds is 4. The number of ether oxygens (including phenoxy) is 2. The van der Waals surface area contributed by atoms with Crippen LogP contribution in [-0.2, 0) is 0 Å². The Hall–Kier alpha value is -2.53. The Balaban J connectivity index is 0.00000192. The Morgan fingerprint density at radius 2 is 1.65 bits per heavy atom. The van der Waals surface area contributed by atoms with Crippen LogP contribution in [0.25, 0.3) is 10.9 Å². The predicted molar refractivity (Wildman–Crippen MR) is 94.4 cm³/mol. The Morgan fingerprint density at radius 3 is 2.35 bits per heavy atom. The lowest BCUT2D eigenvalue weighted by atomic mass is 10.1. The van der Waals surface area contributed by atoms with Gasteiger partial charge in [0, 0.05) is 17.1 Å². The van der Waals surface area contributed by atoms with Crippen LogP contribution in [-0.4, -0.2) is 24.2 Å². The number of fused-ring (bicyclic) bond motifs is 1. The minimum Gasteiger partial charge on any atom is -0.493 e. The van der Waals surface area contributed by atoms with Crippen molar-refractivity contribution >= 4 is 34.8 Å². The highest BCUT2D eigenvalue weighted by Gasteiger charge is 2.11. The molecular weight excluding hydrogens is 314 g/mol. The smallest absolute Gasteiger partial charge is 0.162 e. The number of anilines is 2. The van der Waals surface area contributed by atoms with E-state index in [9.17, 15) is 0 Å². The van der Waals surface area contributed by atoms with E-state index in [-0.39, 0.29) is 12.4 Å². The van der Waals surface area contributed by atoms with Crippen molar-refractivity contribution in [3.63, 3.8) is 0 Å². The monoisotopic (exact) mass is 331 g/mol. The maximum Gasteiger partial charge on any atom is 0.162 e. The summed E-state index contributed by atoms with van der Waals surface area (Å²) in [5.74, 6) is 2.04. The van der Waals surface area contributed by atoms with Gasteiger partial charge in [0.25, 0.3) is 0 Å². The van der Waals surface area contributed by atoms with Crippen LogP contribution in [0, 0.1) is 6.92 Å². The maximum absolute atomic E-state index is 5.36. The molecule has 3 rings (SSSR count). The Kier molecular flexibility index (Phi) is 5.24. The van der Waals surface area contributed by atoms with E-state index in [0.29, 0.717) is 11.5 Å². The fourth-order valence-corrected chi connectivity index (χ4v) is 2.32. The zero-order valence-corrected chi connectivity index (χ0v) is 14.0. The van der Waals surface area contributed by atoms with Gasteiger partial charge in [-0.15, -0.1) is 12.4 Å². The van der Waals surface area contributed by atoms with Crippen LogP contribution < -0.4 is 14.8 Å². The van der Waals surface area contributed by atoms with Gasteiger partial charge in [-0.1, -0.05) is 18.2 Å². The molecule has 0 aliphatic heterocycles. The third-order valence-electron chi connectivity index (χ3n) is 3.54. The molecule has 120 valence electrons. The van der Waals surface area contributed by atoms with Crippen molar-refractivity contribution in [2.24, 2.45) is 0 Å². The lowest BCUT2D eigenvalue weighted by Gasteiger charge is -2.13. The zero-order chi connectivity index (χ0) is 15.5. The number of hydrogen-bond donors (Lipinski definition) is 1. The second-order valence-corrected chi connectivity index (χ2v) is 4.89. The number of para-hydroxylation sites is 1. The first-order chi connectivity index (χ1) is 10.7. The first-order valence-corrected chi connectivity index (χ1v) is 6.92. The van der Waals surface area contributed by atoms with Crippen molar-refractivity contribution in [3.8, 4) is 11.5 Å². The lowest BCUT2D eigenvalue weighted by molar-refractivity contribution is 0.356. The highest BCUT2D eigenvalue weighted by atomic mass is 35.5. The Labute approximate surface area is 141 Å². The van der Waals surface area contributed by atoms with Crippen molar-refractivity contribution in [1.82, 2.24) is 9.97 Å². The third-order valence-corrected chi connectivity index (χ3v) is 3.54. The van der Waals surface area contributed by atoms with E-state index in [1.165, 1.54) is 6.33 Å². The molecule has 0 aliphatic rings. The van der Waals surface area contributed by atoms with Crippen LogP contribution in [0.3, 0.4) is 0 Å². The number of benzene rings is 2. The molecular formula is C17H18ClN3O2. The molecule has 0 spiro atoms. The normalized spacial score (nSPS) is 10.0. The number of halogens is 1. The van der Waals surface area contributed by atoms with E-state index in [1.54, 1.807) is 14.2 Å². The molecule has 1 N–H and O–H groups in total. The van der Waals surface area contributed by atoms with Crippen molar-refractivity contribution in [2.45, 2.75) is 6.92 Å². The number of hydrogen-bond acceptors (Lipinski definition) is 5. The fourth-order valence-electron chi connectivity index (χ4n) is 2.32. The molecule has 6 heteroatoms. The van der Waals surface area contributed by atoms with E-state index in [1.807, 2.05) is 30.3 Å². The number of nitrogens with zero attached hydrogens (tertiary/aromatic N) is 2. The van der Waals surface area contributed by atoms with Gasteiger partial charge in [-0.25, -0.2) is 9.97 Å². The first-order valence-electron chi connectivity index (χ1n) is 6.92. The summed E-state index contributed by atoms with van der Waals surface area (Å²) in [6.07, 6.45) is 1.54. The molecule has 3 aromatic rings. The maximum atomic E-state index is 5.36. The van der Waals surface area contributed by atoms with Crippen LogP contribution in [0.1, 0.15) is 5.56 Å². The number of aromatic nitrogens is 2. The van der Waals surface area contributed by atoms with E-state index in [0.717, 1.165) is 28.0 Å². The van der Waals surface area contributed by atoms with Gasteiger partial charge in [-0.2, -0.15) is 0 Å². The average molecular weight is 332 g/mol. The van der Waals surface area contributed by atoms with Crippen molar-refractivity contribution in [2.75, 3.05) is 19.5 Å². The number of methoxy groups -OCH3 is 2. The molecule has 0 amide bonds.